The zero-order valence-electron chi connectivity index (χ0n) is 19.5. The molecule has 1 aromatic rings. The highest BCUT2D eigenvalue weighted by atomic mass is 16.1. The molecule has 0 aliphatic carbocycles. The van der Waals surface area contributed by atoms with Gasteiger partial charge < -0.3 is 40.1 Å². The number of ketones is 1. The molecule has 12 heteroatoms. The van der Waals surface area contributed by atoms with E-state index in [1.807, 2.05) is 24.3 Å². The number of carbonyl (C=O) groups excluding carboxylic acids is 1. The van der Waals surface area contributed by atoms with Gasteiger partial charge in [-0.1, -0.05) is 50.4 Å². The lowest BCUT2D eigenvalue weighted by molar-refractivity contribution is -0.118. The van der Waals surface area contributed by atoms with E-state index < -0.39 is 0 Å². The summed E-state index contributed by atoms with van der Waals surface area (Å²) in [6.45, 7) is 8.14. The lowest BCUT2D eigenvalue weighted by Crippen LogP contribution is -2.36. The van der Waals surface area contributed by atoms with Crippen LogP contribution in [0.25, 0.3) is 5.70 Å². The molecule has 0 aliphatic rings. The molecule has 0 unspecified atom stereocenters. The predicted octanol–water partition coefficient (Wildman–Crippen LogP) is -1.10. The van der Waals surface area contributed by atoms with Gasteiger partial charge in [-0.05, 0) is 24.5 Å². The number of hydrazine groups is 1. The van der Waals surface area contributed by atoms with Gasteiger partial charge >= 0.3 is 0 Å². The van der Waals surface area contributed by atoms with Crippen molar-refractivity contribution in [2.45, 2.75) is 27.3 Å². The molecule has 194 valence electrons. The van der Waals surface area contributed by atoms with Gasteiger partial charge in [0.1, 0.15) is 5.78 Å². The van der Waals surface area contributed by atoms with Crippen LogP contribution >= 0.6 is 0 Å². The number of nitrogens with two attached hydrogens (primary N) is 8. The first-order chi connectivity index (χ1) is 15.5. The quantitative estimate of drug-likeness (QED) is 0.0474. The monoisotopic (exact) mass is 479 g/mol. The van der Waals surface area contributed by atoms with Gasteiger partial charge in [0.15, 0.2) is 11.9 Å². The van der Waals surface area contributed by atoms with E-state index in [0.717, 1.165) is 17.5 Å². The van der Waals surface area contributed by atoms with E-state index in [9.17, 15) is 4.79 Å². The Balaban J connectivity index is -0.000000425. The lowest BCUT2D eigenvalue weighted by Gasteiger charge is -2.12. The number of hydrogen-bond donors (Lipinski definition) is 8. The summed E-state index contributed by atoms with van der Waals surface area (Å²) < 4.78 is 0. The molecule has 0 aliphatic heterocycles. The topological polar surface area (TPSA) is 253 Å². The van der Waals surface area contributed by atoms with Gasteiger partial charge in [0, 0.05) is 31.9 Å². The Morgan fingerprint density at radius 3 is 1.97 bits per heavy atom. The van der Waals surface area contributed by atoms with Crippen LogP contribution in [0.3, 0.4) is 0 Å². The minimum atomic E-state index is 0. The molecule has 0 spiro atoms. The van der Waals surface area contributed by atoms with E-state index in [1.54, 1.807) is 12.2 Å². The van der Waals surface area contributed by atoms with Gasteiger partial charge in [-0.3, -0.25) is 15.6 Å². The summed E-state index contributed by atoms with van der Waals surface area (Å²) in [6.07, 6.45) is 4.34. The summed E-state index contributed by atoms with van der Waals surface area (Å²) in [5.41, 5.74) is 39.0. The third-order valence-corrected chi connectivity index (χ3v) is 3.57. The van der Waals surface area contributed by atoms with Gasteiger partial charge in [-0.2, -0.15) is 0 Å². The second-order valence-electron chi connectivity index (χ2n) is 6.73. The van der Waals surface area contributed by atoms with Crippen molar-refractivity contribution >= 4 is 23.4 Å². The first kappa shape index (κ1) is 35.1. The summed E-state index contributed by atoms with van der Waals surface area (Å²) in [7, 11) is 0. The van der Waals surface area contributed by atoms with Crippen molar-refractivity contribution in [1.29, 1.82) is 0 Å². The molecule has 0 heterocycles. The van der Waals surface area contributed by atoms with Gasteiger partial charge in [0.2, 0.25) is 0 Å². The molecule has 0 bridgehead atoms. The van der Waals surface area contributed by atoms with E-state index in [0.29, 0.717) is 38.4 Å². The number of aliphatic imine (C=N–C) groups is 2. The number of Topliss-reactive ketones (excluding diaryl/α,β-unsaturated/α-hetero) is 1. The number of benzene rings is 1. The Morgan fingerprint density at radius 2 is 1.56 bits per heavy atom. The molecule has 12 nitrogen and oxygen atoms in total. The van der Waals surface area contributed by atoms with Crippen molar-refractivity contribution in [3.8, 4) is 0 Å². The molecule has 1 rings (SSSR count). The van der Waals surface area contributed by atoms with Crippen molar-refractivity contribution in [1.82, 2.24) is 5.01 Å². The minimum absolute atomic E-state index is 0. The normalized spacial score (nSPS) is 9.56. The number of hydrogen-bond acceptors (Lipinski definition) is 8. The van der Waals surface area contributed by atoms with Crippen LogP contribution in [-0.4, -0.2) is 55.4 Å². The van der Waals surface area contributed by atoms with Crippen LogP contribution in [0.2, 0.25) is 0 Å². The van der Waals surface area contributed by atoms with Crippen molar-refractivity contribution in [2.24, 2.45) is 56.0 Å². The van der Waals surface area contributed by atoms with Crippen molar-refractivity contribution in [3.05, 3.63) is 54.1 Å². The molecule has 0 amide bonds. The SMILES string of the molecule is C.C=C(N)c1ccc(CN)cc1.CC(=O)CN(N)CCCN=C(N)N.NC/C=C/CN=C(N)N. The number of rotatable bonds is 11. The number of guanidine groups is 2. The second-order valence-corrected chi connectivity index (χ2v) is 6.73. The fraction of sp³-hybridized carbons (Fsp3) is 0.409. The van der Waals surface area contributed by atoms with Crippen LogP contribution < -0.4 is 46.0 Å². The summed E-state index contributed by atoms with van der Waals surface area (Å²) in [6, 6.07) is 7.75. The Bertz CT molecular complexity index is 751. The summed E-state index contributed by atoms with van der Waals surface area (Å²) in [5, 5.41) is 1.45. The smallest absolute Gasteiger partial charge is 0.186 e. The van der Waals surface area contributed by atoms with Crippen LogP contribution in [0.1, 0.15) is 31.9 Å². The Labute approximate surface area is 203 Å². The van der Waals surface area contributed by atoms with Crippen LogP contribution in [0.15, 0.2) is 53.0 Å². The fourth-order valence-corrected chi connectivity index (χ4v) is 2.03. The minimum Gasteiger partial charge on any atom is -0.399 e. The molecular formula is C22H45N11O. The van der Waals surface area contributed by atoms with E-state index in [-0.39, 0.29) is 31.7 Å². The third kappa shape index (κ3) is 24.8. The summed E-state index contributed by atoms with van der Waals surface area (Å²) in [5.74, 6) is 5.73. The highest BCUT2D eigenvalue weighted by Crippen LogP contribution is 2.07. The first-order valence-electron chi connectivity index (χ1n) is 10.2. The van der Waals surface area contributed by atoms with Gasteiger partial charge in [0.05, 0.1) is 13.1 Å². The van der Waals surface area contributed by atoms with Gasteiger partial charge in [-0.25, -0.2) is 10.0 Å². The standard InChI is InChI=1S/C9H12N2.C7H17N5O.C5H12N4.CH4/c1-7(11)9-4-2-8(6-10)3-5-9;1-6(13)5-12(10)4-2-3-11-7(8)9;6-3-1-2-4-9-5(7)8;/h2-5H,1,6,10-11H2;2-5,10H2,1H3,(H4,8,9,11);1-2H,3-4,6H2,(H4,7,8,9);1H4/b;;2-1+;. The first-order valence-corrected chi connectivity index (χ1v) is 10.2. The van der Waals surface area contributed by atoms with Crippen LogP contribution in [-0.2, 0) is 11.3 Å². The zero-order chi connectivity index (χ0) is 25.6. The number of carbonyl (C=O) groups is 1. The predicted molar refractivity (Wildman–Crippen MR) is 145 cm³/mol. The van der Waals surface area contributed by atoms with Crippen LogP contribution in [0.4, 0.5) is 0 Å². The van der Waals surface area contributed by atoms with Crippen molar-refractivity contribution in [3.63, 3.8) is 0 Å². The van der Waals surface area contributed by atoms with E-state index >= 15 is 0 Å². The molecule has 0 fully saturated rings. The zero-order valence-corrected chi connectivity index (χ0v) is 19.5. The number of nitrogens with zero attached hydrogens (tertiary/aromatic N) is 3. The lowest BCUT2D eigenvalue weighted by atomic mass is 10.1. The van der Waals surface area contributed by atoms with Crippen LogP contribution in [0.5, 0.6) is 0 Å². The molecule has 16 N–H and O–H groups in total. The largest absolute Gasteiger partial charge is 0.399 e. The highest BCUT2D eigenvalue weighted by molar-refractivity contribution is 5.77. The molecule has 0 saturated heterocycles. The van der Waals surface area contributed by atoms with Gasteiger partial charge in [-0.15, -0.1) is 0 Å². The summed E-state index contributed by atoms with van der Waals surface area (Å²) in [4.78, 5) is 18.1. The molecule has 0 saturated carbocycles. The average Bonchev–Trinajstić information content (AvgIpc) is 2.74. The fourth-order valence-electron chi connectivity index (χ4n) is 2.03. The molecule has 1 aromatic carbocycles. The van der Waals surface area contributed by atoms with Gasteiger partial charge in [0.25, 0.3) is 0 Å². The molecular weight excluding hydrogens is 434 g/mol. The maximum absolute atomic E-state index is 10.6. The Morgan fingerprint density at radius 1 is 1.00 bits per heavy atom. The highest BCUT2D eigenvalue weighted by Gasteiger charge is 2.00. The van der Waals surface area contributed by atoms with Crippen molar-refractivity contribution < 1.29 is 4.79 Å². The maximum atomic E-state index is 10.6. The summed E-state index contributed by atoms with van der Waals surface area (Å²) >= 11 is 0. The van der Waals surface area contributed by atoms with E-state index in [1.165, 1.54) is 11.9 Å². The van der Waals surface area contributed by atoms with E-state index in [2.05, 4.69) is 16.6 Å². The second kappa shape index (κ2) is 22.7. The van der Waals surface area contributed by atoms with Crippen molar-refractivity contribution in [2.75, 3.05) is 32.7 Å². The average molecular weight is 480 g/mol. The van der Waals surface area contributed by atoms with Crippen LogP contribution in [0, 0.1) is 0 Å². The Kier molecular flexibility index (Phi) is 23.5. The molecule has 0 aromatic heterocycles. The van der Waals surface area contributed by atoms with E-state index in [4.69, 9.17) is 46.0 Å². The molecule has 34 heavy (non-hydrogen) atoms. The third-order valence-electron chi connectivity index (χ3n) is 3.57. The Hall–Kier alpha value is -3.45. The molecule has 0 atom stereocenters. The molecule has 0 radical (unpaired) electrons. The maximum Gasteiger partial charge on any atom is 0.186 e.